The number of anilines is 1. The Kier molecular flexibility index (Phi) is 10.3. The van der Waals surface area contributed by atoms with Crippen molar-refractivity contribution in [1.82, 2.24) is 15.6 Å². The highest BCUT2D eigenvalue weighted by atomic mass is 127. The van der Waals surface area contributed by atoms with Gasteiger partial charge in [0.15, 0.2) is 5.96 Å². The van der Waals surface area contributed by atoms with Crippen LogP contribution in [0.25, 0.3) is 0 Å². The first-order valence-corrected chi connectivity index (χ1v) is 10.6. The Bertz CT molecular complexity index is 869. The lowest BCUT2D eigenvalue weighted by atomic mass is 9.96. The number of nitrogens with two attached hydrogens (primary N) is 1. The summed E-state index contributed by atoms with van der Waals surface area (Å²) in [7, 11) is 1.76. The lowest BCUT2D eigenvalue weighted by molar-refractivity contribution is -0.122. The Balaban J connectivity index is 0.00000341. The van der Waals surface area contributed by atoms with Crippen LogP contribution in [0.4, 0.5) is 5.82 Å². The van der Waals surface area contributed by atoms with Crippen molar-refractivity contribution in [2.45, 2.75) is 25.8 Å². The third-order valence-corrected chi connectivity index (χ3v) is 5.61. The fourth-order valence-electron chi connectivity index (χ4n) is 3.60. The van der Waals surface area contributed by atoms with Gasteiger partial charge in [0.1, 0.15) is 5.82 Å². The number of aliphatic imine (C=N–C) groups is 1. The number of hydrogen-bond acceptors (Lipinski definition) is 4. The van der Waals surface area contributed by atoms with Crippen LogP contribution in [-0.4, -0.2) is 43.5 Å². The molecule has 1 amide bonds. The molecule has 7 nitrogen and oxygen atoms in total. The van der Waals surface area contributed by atoms with Crippen LogP contribution >= 0.6 is 35.6 Å². The van der Waals surface area contributed by atoms with Crippen molar-refractivity contribution in [3.05, 3.63) is 58.7 Å². The number of amides is 1. The number of nitrogens with zero attached hydrogens (tertiary/aromatic N) is 3. The average Bonchev–Trinajstić information content (AvgIpc) is 2.77. The Morgan fingerprint density at radius 2 is 1.94 bits per heavy atom. The molecule has 31 heavy (non-hydrogen) atoms. The van der Waals surface area contributed by atoms with Crippen molar-refractivity contribution >= 4 is 53.3 Å². The fraction of sp³-hybridized carbons (Fsp3) is 0.409. The van der Waals surface area contributed by atoms with Crippen molar-refractivity contribution in [3.63, 3.8) is 0 Å². The summed E-state index contributed by atoms with van der Waals surface area (Å²) in [5, 5.41) is 7.45. The molecule has 168 valence electrons. The van der Waals surface area contributed by atoms with Crippen LogP contribution < -0.4 is 21.3 Å². The number of guanidine groups is 1. The van der Waals surface area contributed by atoms with Gasteiger partial charge in [0.2, 0.25) is 5.91 Å². The normalized spacial score (nSPS) is 14.6. The molecule has 0 unspecified atom stereocenters. The molecule has 1 aromatic carbocycles. The lowest BCUT2D eigenvalue weighted by Gasteiger charge is -2.32. The molecule has 1 saturated heterocycles. The number of primary amides is 1. The van der Waals surface area contributed by atoms with Crippen LogP contribution in [-0.2, 0) is 17.8 Å². The van der Waals surface area contributed by atoms with Crippen molar-refractivity contribution < 1.29 is 4.79 Å². The minimum Gasteiger partial charge on any atom is -0.369 e. The van der Waals surface area contributed by atoms with Crippen LogP contribution in [0.15, 0.2) is 47.6 Å². The van der Waals surface area contributed by atoms with Gasteiger partial charge in [-0.05, 0) is 43.0 Å². The molecule has 9 heteroatoms. The first kappa shape index (κ1) is 25.2. The Morgan fingerprint density at radius 3 is 2.58 bits per heavy atom. The smallest absolute Gasteiger partial charge is 0.220 e. The molecule has 0 bridgehead atoms. The first-order valence-electron chi connectivity index (χ1n) is 10.2. The molecule has 1 aromatic heterocycles. The summed E-state index contributed by atoms with van der Waals surface area (Å²) >= 11 is 5.93. The van der Waals surface area contributed by atoms with E-state index >= 15 is 0 Å². The minimum atomic E-state index is -0.203. The maximum absolute atomic E-state index is 11.4. The molecule has 0 aliphatic carbocycles. The van der Waals surface area contributed by atoms with E-state index in [2.05, 4.69) is 31.6 Å². The Morgan fingerprint density at radius 1 is 1.23 bits per heavy atom. The molecular formula is C22H30ClIN6O. The molecule has 3 rings (SSSR count). The third kappa shape index (κ3) is 7.53. The van der Waals surface area contributed by atoms with Gasteiger partial charge in [0.25, 0.3) is 0 Å². The summed E-state index contributed by atoms with van der Waals surface area (Å²) < 4.78 is 0. The summed E-state index contributed by atoms with van der Waals surface area (Å²) in [6.07, 6.45) is 4.22. The van der Waals surface area contributed by atoms with Crippen molar-refractivity contribution in [2.75, 3.05) is 31.6 Å². The molecule has 4 N–H and O–H groups in total. The second-order valence-electron chi connectivity index (χ2n) is 7.38. The number of pyridine rings is 1. The molecule has 1 aliphatic heterocycles. The summed E-state index contributed by atoms with van der Waals surface area (Å²) in [5.74, 6) is 1.46. The highest BCUT2D eigenvalue weighted by Crippen LogP contribution is 2.24. The molecule has 2 heterocycles. The van der Waals surface area contributed by atoms with Gasteiger partial charge in [0.05, 0.1) is 0 Å². The zero-order chi connectivity index (χ0) is 21.3. The quantitative estimate of drug-likeness (QED) is 0.277. The molecule has 1 fully saturated rings. The van der Waals surface area contributed by atoms with Gasteiger partial charge in [-0.1, -0.05) is 29.8 Å². The molecule has 1 aliphatic rings. The molecule has 0 radical (unpaired) electrons. The monoisotopic (exact) mass is 556 g/mol. The summed E-state index contributed by atoms with van der Waals surface area (Å²) in [4.78, 5) is 22.5. The predicted molar refractivity (Wildman–Crippen MR) is 137 cm³/mol. The van der Waals surface area contributed by atoms with E-state index in [-0.39, 0.29) is 35.8 Å². The third-order valence-electron chi connectivity index (χ3n) is 5.35. The highest BCUT2D eigenvalue weighted by molar-refractivity contribution is 14.0. The van der Waals surface area contributed by atoms with Crippen molar-refractivity contribution in [1.29, 1.82) is 0 Å². The van der Waals surface area contributed by atoms with Crippen molar-refractivity contribution in [2.24, 2.45) is 16.6 Å². The van der Waals surface area contributed by atoms with Crippen molar-refractivity contribution in [3.8, 4) is 0 Å². The number of halogens is 2. The van der Waals surface area contributed by atoms with E-state index in [9.17, 15) is 4.79 Å². The number of carbonyl (C=O) groups is 1. The zero-order valence-electron chi connectivity index (χ0n) is 17.7. The van der Waals surface area contributed by atoms with Gasteiger partial charge in [-0.3, -0.25) is 9.79 Å². The number of benzene rings is 1. The number of rotatable bonds is 7. The van der Waals surface area contributed by atoms with E-state index < -0.39 is 0 Å². The topological polar surface area (TPSA) is 95.6 Å². The van der Waals surface area contributed by atoms with Crippen LogP contribution in [0.1, 0.15) is 24.0 Å². The maximum Gasteiger partial charge on any atom is 0.220 e. The number of piperidine rings is 1. The van der Waals surface area contributed by atoms with Gasteiger partial charge < -0.3 is 21.3 Å². The van der Waals surface area contributed by atoms with E-state index in [1.165, 1.54) is 5.56 Å². The molecule has 0 atom stereocenters. The second kappa shape index (κ2) is 12.7. The van der Waals surface area contributed by atoms with E-state index in [1.807, 2.05) is 30.3 Å². The summed E-state index contributed by atoms with van der Waals surface area (Å²) in [6, 6.07) is 11.9. The van der Waals surface area contributed by atoms with Crippen LogP contribution in [0, 0.1) is 5.92 Å². The molecule has 0 spiro atoms. The van der Waals surface area contributed by atoms with E-state index in [0.717, 1.165) is 61.3 Å². The number of hydrogen-bond donors (Lipinski definition) is 3. The average molecular weight is 557 g/mol. The van der Waals surface area contributed by atoms with E-state index in [4.69, 9.17) is 17.3 Å². The van der Waals surface area contributed by atoms with Gasteiger partial charge >= 0.3 is 0 Å². The zero-order valence-corrected chi connectivity index (χ0v) is 20.8. The minimum absolute atomic E-state index is 0. The summed E-state index contributed by atoms with van der Waals surface area (Å²) in [6.45, 7) is 2.94. The SMILES string of the molecule is CN=C(NCCc1ccc(Cl)cc1)NCc1cccnc1N1CCC(C(N)=O)CC1.I. The fourth-order valence-corrected chi connectivity index (χ4v) is 3.73. The van der Waals surface area contributed by atoms with Crippen LogP contribution in [0.2, 0.25) is 5.02 Å². The van der Waals surface area contributed by atoms with Crippen LogP contribution in [0.5, 0.6) is 0 Å². The van der Waals surface area contributed by atoms with Gasteiger partial charge in [-0.25, -0.2) is 4.98 Å². The van der Waals surface area contributed by atoms with Gasteiger partial charge in [-0.15, -0.1) is 24.0 Å². The molecule has 0 saturated carbocycles. The molecule has 2 aromatic rings. The number of carbonyl (C=O) groups excluding carboxylic acids is 1. The highest BCUT2D eigenvalue weighted by Gasteiger charge is 2.24. The van der Waals surface area contributed by atoms with E-state index in [1.54, 1.807) is 13.2 Å². The second-order valence-corrected chi connectivity index (χ2v) is 7.82. The van der Waals surface area contributed by atoms with Crippen LogP contribution in [0.3, 0.4) is 0 Å². The van der Waals surface area contributed by atoms with Gasteiger partial charge in [-0.2, -0.15) is 0 Å². The summed E-state index contributed by atoms with van der Waals surface area (Å²) in [5.41, 5.74) is 7.76. The number of nitrogens with one attached hydrogen (secondary N) is 2. The van der Waals surface area contributed by atoms with E-state index in [0.29, 0.717) is 6.54 Å². The Labute approximate surface area is 205 Å². The molecular weight excluding hydrogens is 527 g/mol. The largest absolute Gasteiger partial charge is 0.369 e. The Hall–Kier alpha value is -2.07. The standard InChI is InChI=1S/C22H29ClN6O.HI/c1-25-22(27-12-8-16-4-6-19(23)7-5-16)28-15-18-3-2-11-26-21(18)29-13-9-17(10-14-29)20(24)30;/h2-7,11,17H,8-10,12-15H2,1H3,(H2,24,30)(H2,25,27,28);1H. The van der Waals surface area contributed by atoms with Gasteiger partial charge in [0, 0.05) is 55.9 Å². The predicted octanol–water partition coefficient (Wildman–Crippen LogP) is 2.96. The lowest BCUT2D eigenvalue weighted by Crippen LogP contribution is -2.40. The maximum atomic E-state index is 11.4. The number of aromatic nitrogens is 1. The first-order chi connectivity index (χ1) is 14.6.